The first-order valence-electron chi connectivity index (χ1n) is 12.7. The predicted octanol–water partition coefficient (Wildman–Crippen LogP) is 4.06. The van der Waals surface area contributed by atoms with Crippen LogP contribution in [-0.2, 0) is 17.8 Å². The van der Waals surface area contributed by atoms with Crippen LogP contribution in [0.25, 0.3) is 32.8 Å². The van der Waals surface area contributed by atoms with Gasteiger partial charge in [-0.05, 0) is 79.3 Å². The summed E-state index contributed by atoms with van der Waals surface area (Å²) in [5.41, 5.74) is 2.35. The SMILES string of the molecule is C=CC(=O)N1CC(Cc2nc3ccc(-c4cc(O)cc5ccccc45)cc3c(=O)n2CCCN(C)C)C1. The van der Waals surface area contributed by atoms with Crippen molar-refractivity contribution in [1.82, 2.24) is 19.4 Å². The van der Waals surface area contributed by atoms with Gasteiger partial charge in [-0.25, -0.2) is 4.98 Å². The standard InChI is InChI=1S/C30H32N4O3/c1-4-29(36)33-18-20(19-33)14-28-31-27-11-10-22(16-26(27)30(37)34(28)13-7-12-32(2)3)25-17-23(35)15-21-8-5-6-9-24(21)25/h4-6,8-11,15-17,20,35H,1,7,12-14,18-19H2,2-3H3. The minimum atomic E-state index is -0.0573. The number of hydrogen-bond donors (Lipinski definition) is 1. The van der Waals surface area contributed by atoms with E-state index < -0.39 is 0 Å². The van der Waals surface area contributed by atoms with Crippen LogP contribution in [0.1, 0.15) is 12.2 Å². The first kappa shape index (κ1) is 24.7. The zero-order valence-corrected chi connectivity index (χ0v) is 21.4. The van der Waals surface area contributed by atoms with Crippen LogP contribution in [0.15, 0.2) is 72.0 Å². The lowest BCUT2D eigenvalue weighted by molar-refractivity contribution is -0.132. The minimum Gasteiger partial charge on any atom is -0.508 e. The lowest BCUT2D eigenvalue weighted by Crippen LogP contribution is -2.50. The number of rotatable bonds is 8. The van der Waals surface area contributed by atoms with E-state index in [1.807, 2.05) is 61.1 Å². The van der Waals surface area contributed by atoms with Crippen LogP contribution < -0.4 is 5.56 Å². The second kappa shape index (κ2) is 10.2. The zero-order chi connectivity index (χ0) is 26.1. The van der Waals surface area contributed by atoms with E-state index in [1.165, 1.54) is 6.08 Å². The van der Waals surface area contributed by atoms with Crippen molar-refractivity contribution in [2.75, 3.05) is 33.7 Å². The van der Waals surface area contributed by atoms with Gasteiger partial charge in [0.15, 0.2) is 0 Å². The van der Waals surface area contributed by atoms with E-state index in [-0.39, 0.29) is 23.1 Å². The average Bonchev–Trinajstić information content (AvgIpc) is 2.86. The summed E-state index contributed by atoms with van der Waals surface area (Å²) in [4.78, 5) is 34.5. The number of amides is 1. The molecule has 3 aromatic carbocycles. The van der Waals surface area contributed by atoms with Crippen molar-refractivity contribution in [3.8, 4) is 16.9 Å². The molecule has 4 aromatic rings. The van der Waals surface area contributed by atoms with Crippen LogP contribution in [-0.4, -0.2) is 64.1 Å². The Labute approximate surface area is 216 Å². The lowest BCUT2D eigenvalue weighted by atomic mass is 9.95. The van der Waals surface area contributed by atoms with Gasteiger partial charge in [-0.1, -0.05) is 36.9 Å². The molecule has 0 aliphatic carbocycles. The molecule has 0 spiro atoms. The Morgan fingerprint density at radius 1 is 1.14 bits per heavy atom. The Morgan fingerprint density at radius 3 is 2.68 bits per heavy atom. The highest BCUT2D eigenvalue weighted by molar-refractivity contribution is 5.99. The van der Waals surface area contributed by atoms with Crippen molar-refractivity contribution >= 4 is 27.6 Å². The number of carbonyl (C=O) groups excluding carboxylic acids is 1. The summed E-state index contributed by atoms with van der Waals surface area (Å²) in [5.74, 6) is 1.17. The second-order valence-electron chi connectivity index (χ2n) is 10.1. The van der Waals surface area contributed by atoms with E-state index in [4.69, 9.17) is 4.98 Å². The van der Waals surface area contributed by atoms with Crippen molar-refractivity contribution in [3.63, 3.8) is 0 Å². The fourth-order valence-corrected chi connectivity index (χ4v) is 5.17. The second-order valence-corrected chi connectivity index (χ2v) is 10.1. The highest BCUT2D eigenvalue weighted by atomic mass is 16.3. The number of fused-ring (bicyclic) bond motifs is 2. The van der Waals surface area contributed by atoms with Crippen molar-refractivity contribution in [1.29, 1.82) is 0 Å². The number of hydrogen-bond acceptors (Lipinski definition) is 5. The maximum atomic E-state index is 13.8. The fourth-order valence-electron chi connectivity index (χ4n) is 5.17. The van der Waals surface area contributed by atoms with Gasteiger partial charge < -0.3 is 14.9 Å². The molecule has 0 saturated carbocycles. The number of likely N-dealkylation sites (tertiary alicyclic amines) is 1. The summed E-state index contributed by atoms with van der Waals surface area (Å²) >= 11 is 0. The van der Waals surface area contributed by atoms with Crippen LogP contribution in [0.3, 0.4) is 0 Å². The van der Waals surface area contributed by atoms with Crippen molar-refractivity contribution in [3.05, 3.63) is 83.4 Å². The average molecular weight is 497 g/mol. The number of nitrogens with zero attached hydrogens (tertiary/aromatic N) is 4. The fraction of sp³-hybridized carbons (Fsp3) is 0.300. The van der Waals surface area contributed by atoms with Gasteiger partial charge in [0.05, 0.1) is 10.9 Å². The molecule has 1 N–H and O–H groups in total. The Kier molecular flexibility index (Phi) is 6.80. The number of aromatic nitrogens is 2. The minimum absolute atomic E-state index is 0.0524. The molecule has 7 heteroatoms. The third-order valence-electron chi connectivity index (χ3n) is 7.09. The zero-order valence-electron chi connectivity index (χ0n) is 21.4. The van der Waals surface area contributed by atoms with Gasteiger partial charge in [0.1, 0.15) is 11.6 Å². The molecule has 37 heavy (non-hydrogen) atoms. The number of phenolic OH excluding ortho intramolecular Hbond substituents is 1. The van der Waals surface area contributed by atoms with Gasteiger partial charge in [-0.2, -0.15) is 0 Å². The molecule has 0 radical (unpaired) electrons. The van der Waals surface area contributed by atoms with Gasteiger partial charge in [-0.15, -0.1) is 0 Å². The largest absolute Gasteiger partial charge is 0.508 e. The quantitative estimate of drug-likeness (QED) is 0.372. The molecule has 0 unspecified atom stereocenters. The van der Waals surface area contributed by atoms with Gasteiger partial charge in [0.2, 0.25) is 5.91 Å². The predicted molar refractivity (Wildman–Crippen MR) is 148 cm³/mol. The molecule has 1 aromatic heterocycles. The molecule has 5 rings (SSSR count). The first-order chi connectivity index (χ1) is 17.8. The summed E-state index contributed by atoms with van der Waals surface area (Å²) < 4.78 is 1.81. The smallest absolute Gasteiger partial charge is 0.261 e. The van der Waals surface area contributed by atoms with E-state index in [9.17, 15) is 14.7 Å². The van der Waals surface area contributed by atoms with Crippen LogP contribution in [0.5, 0.6) is 5.75 Å². The maximum Gasteiger partial charge on any atom is 0.261 e. The summed E-state index contributed by atoms with van der Waals surface area (Å²) in [6.07, 6.45) is 2.82. The molecular weight excluding hydrogens is 464 g/mol. The van der Waals surface area contributed by atoms with E-state index in [0.29, 0.717) is 37.0 Å². The highest BCUT2D eigenvalue weighted by Crippen LogP contribution is 2.33. The third kappa shape index (κ3) is 5.00. The van der Waals surface area contributed by atoms with Crippen molar-refractivity contribution in [2.45, 2.75) is 19.4 Å². The molecule has 0 bridgehead atoms. The molecule has 1 saturated heterocycles. The van der Waals surface area contributed by atoms with E-state index in [0.717, 1.165) is 40.7 Å². The van der Waals surface area contributed by atoms with Gasteiger partial charge >= 0.3 is 0 Å². The van der Waals surface area contributed by atoms with Crippen molar-refractivity contribution in [2.24, 2.45) is 5.92 Å². The highest BCUT2D eigenvalue weighted by Gasteiger charge is 2.30. The summed E-state index contributed by atoms with van der Waals surface area (Å²) in [6.45, 7) is 6.31. The monoisotopic (exact) mass is 496 g/mol. The van der Waals surface area contributed by atoms with Crippen LogP contribution >= 0.6 is 0 Å². The maximum absolute atomic E-state index is 13.8. The molecule has 2 heterocycles. The van der Waals surface area contributed by atoms with E-state index in [2.05, 4.69) is 11.5 Å². The van der Waals surface area contributed by atoms with E-state index >= 15 is 0 Å². The van der Waals surface area contributed by atoms with Crippen molar-refractivity contribution < 1.29 is 9.90 Å². The number of carbonyl (C=O) groups is 1. The summed E-state index contributed by atoms with van der Waals surface area (Å²) in [7, 11) is 4.04. The van der Waals surface area contributed by atoms with E-state index in [1.54, 1.807) is 17.0 Å². The molecule has 190 valence electrons. The molecule has 1 aliphatic rings. The lowest BCUT2D eigenvalue weighted by Gasteiger charge is -2.38. The molecule has 7 nitrogen and oxygen atoms in total. The third-order valence-corrected chi connectivity index (χ3v) is 7.09. The molecule has 1 amide bonds. The molecule has 1 fully saturated rings. The van der Waals surface area contributed by atoms with Gasteiger partial charge in [0.25, 0.3) is 5.56 Å². The number of phenols is 1. The topological polar surface area (TPSA) is 78.7 Å². The molecular formula is C30H32N4O3. The Morgan fingerprint density at radius 2 is 1.92 bits per heavy atom. The molecule has 0 atom stereocenters. The van der Waals surface area contributed by atoms with Crippen LogP contribution in [0, 0.1) is 5.92 Å². The summed E-state index contributed by atoms with van der Waals surface area (Å²) in [5, 5.41) is 12.9. The Balaban J connectivity index is 1.55. The van der Waals surface area contributed by atoms with Gasteiger partial charge in [-0.3, -0.25) is 14.2 Å². The first-order valence-corrected chi connectivity index (χ1v) is 12.7. The number of benzene rings is 3. The Hall–Kier alpha value is -3.97. The number of aromatic hydroxyl groups is 1. The summed E-state index contributed by atoms with van der Waals surface area (Å²) in [6, 6.07) is 17.1. The molecule has 1 aliphatic heterocycles. The van der Waals surface area contributed by atoms with Crippen LogP contribution in [0.4, 0.5) is 0 Å². The van der Waals surface area contributed by atoms with Gasteiger partial charge in [0, 0.05) is 32.0 Å². The van der Waals surface area contributed by atoms with Crippen LogP contribution in [0.2, 0.25) is 0 Å². The Bertz CT molecular complexity index is 1550. The normalized spacial score (nSPS) is 13.9.